The van der Waals surface area contributed by atoms with Crippen LogP contribution >= 0.6 is 0 Å². The van der Waals surface area contributed by atoms with Gasteiger partial charge < -0.3 is 13.9 Å². The number of hydrazone groups is 1. The fraction of sp³-hybridized carbons (Fsp3) is 0.333. The lowest BCUT2D eigenvalue weighted by Crippen LogP contribution is -2.17. The summed E-state index contributed by atoms with van der Waals surface area (Å²) >= 11 is 0. The lowest BCUT2D eigenvalue weighted by molar-refractivity contribution is 0.0927. The predicted molar refractivity (Wildman–Crippen MR) is 91.7 cm³/mol. The Morgan fingerprint density at radius 2 is 1.92 bits per heavy atom. The maximum atomic E-state index is 11.8. The fourth-order valence-corrected chi connectivity index (χ4v) is 1.95. The van der Waals surface area contributed by atoms with Gasteiger partial charge in [0.1, 0.15) is 11.5 Å². The third kappa shape index (κ3) is 5.15. The van der Waals surface area contributed by atoms with E-state index in [1.807, 2.05) is 45.9 Å². The van der Waals surface area contributed by atoms with Crippen molar-refractivity contribution < 1.29 is 18.7 Å². The zero-order chi connectivity index (χ0) is 17.5. The van der Waals surface area contributed by atoms with Crippen LogP contribution in [0.3, 0.4) is 0 Å². The second-order valence-electron chi connectivity index (χ2n) is 5.71. The lowest BCUT2D eigenvalue weighted by atomic mass is 10.2. The van der Waals surface area contributed by atoms with E-state index in [9.17, 15) is 4.79 Å². The zero-order valence-corrected chi connectivity index (χ0v) is 14.3. The molecule has 1 N–H and O–H groups in total. The van der Waals surface area contributed by atoms with Gasteiger partial charge in [-0.3, -0.25) is 4.79 Å². The van der Waals surface area contributed by atoms with Crippen LogP contribution in [-0.4, -0.2) is 24.3 Å². The van der Waals surface area contributed by atoms with Crippen molar-refractivity contribution in [1.82, 2.24) is 5.43 Å². The van der Waals surface area contributed by atoms with Crippen LogP contribution in [-0.2, 0) is 0 Å². The quantitative estimate of drug-likeness (QED) is 0.621. The molecule has 0 spiro atoms. The van der Waals surface area contributed by atoms with Gasteiger partial charge in [0.25, 0.3) is 0 Å². The summed E-state index contributed by atoms with van der Waals surface area (Å²) in [7, 11) is 0. The molecule has 1 amide bonds. The second-order valence-corrected chi connectivity index (χ2v) is 5.71. The largest absolute Gasteiger partial charge is 0.491 e. The van der Waals surface area contributed by atoms with Crippen LogP contribution in [0.5, 0.6) is 11.5 Å². The van der Waals surface area contributed by atoms with E-state index in [0.717, 1.165) is 11.3 Å². The second kappa shape index (κ2) is 8.19. The third-order valence-electron chi connectivity index (χ3n) is 2.83. The van der Waals surface area contributed by atoms with Crippen LogP contribution in [0.1, 0.15) is 43.8 Å². The minimum atomic E-state index is -0.415. The van der Waals surface area contributed by atoms with Crippen LogP contribution in [0.2, 0.25) is 0 Å². The molecule has 0 fully saturated rings. The van der Waals surface area contributed by atoms with Crippen molar-refractivity contribution in [3.05, 3.63) is 47.9 Å². The van der Waals surface area contributed by atoms with Crippen molar-refractivity contribution in [2.24, 2.45) is 5.10 Å². The standard InChI is InChI=1S/C18H22N2O4/c1-12(2)23-15-8-7-14(17(10-15)24-13(3)4)11-19-20-18(21)16-6-5-9-22-16/h5-13H,1-4H3,(H,20,21). The smallest absolute Gasteiger partial charge is 0.307 e. The summed E-state index contributed by atoms with van der Waals surface area (Å²) in [5, 5.41) is 3.95. The van der Waals surface area contributed by atoms with E-state index < -0.39 is 5.91 Å². The van der Waals surface area contributed by atoms with Crippen LogP contribution in [0.25, 0.3) is 0 Å². The molecule has 0 aliphatic rings. The minimum absolute atomic E-state index is 0.00385. The molecule has 0 aliphatic carbocycles. The lowest BCUT2D eigenvalue weighted by Gasteiger charge is -2.15. The average molecular weight is 330 g/mol. The molecular weight excluding hydrogens is 308 g/mol. The number of furan rings is 1. The molecule has 6 heteroatoms. The zero-order valence-electron chi connectivity index (χ0n) is 14.3. The van der Waals surface area contributed by atoms with Gasteiger partial charge in [-0.05, 0) is 52.0 Å². The maximum absolute atomic E-state index is 11.8. The van der Waals surface area contributed by atoms with Gasteiger partial charge in [-0.2, -0.15) is 5.10 Å². The van der Waals surface area contributed by atoms with Crippen LogP contribution in [0, 0.1) is 0 Å². The molecular formula is C18H22N2O4. The van der Waals surface area contributed by atoms with Crippen LogP contribution in [0.15, 0.2) is 46.1 Å². The number of benzene rings is 1. The molecule has 1 aromatic carbocycles. The first kappa shape index (κ1) is 17.6. The number of hydrogen-bond donors (Lipinski definition) is 1. The van der Waals surface area contributed by atoms with Crippen LogP contribution < -0.4 is 14.9 Å². The normalized spacial score (nSPS) is 11.2. The van der Waals surface area contributed by atoms with Gasteiger partial charge in [0.2, 0.25) is 0 Å². The molecule has 2 aromatic rings. The van der Waals surface area contributed by atoms with Gasteiger partial charge in [0, 0.05) is 11.6 Å². The molecule has 6 nitrogen and oxygen atoms in total. The Bertz CT molecular complexity index is 691. The maximum Gasteiger partial charge on any atom is 0.307 e. The molecule has 0 aliphatic heterocycles. The number of nitrogens with zero attached hydrogens (tertiary/aromatic N) is 1. The summed E-state index contributed by atoms with van der Waals surface area (Å²) in [6, 6.07) is 8.69. The van der Waals surface area contributed by atoms with E-state index in [0.29, 0.717) is 5.75 Å². The van der Waals surface area contributed by atoms with Crippen molar-refractivity contribution in [1.29, 1.82) is 0 Å². The van der Waals surface area contributed by atoms with Crippen molar-refractivity contribution in [3.8, 4) is 11.5 Å². The summed E-state index contributed by atoms with van der Waals surface area (Å²) in [4.78, 5) is 11.8. The van der Waals surface area contributed by atoms with Crippen molar-refractivity contribution in [2.45, 2.75) is 39.9 Å². The Balaban J connectivity index is 2.12. The molecule has 1 heterocycles. The summed E-state index contributed by atoms with van der Waals surface area (Å²) in [5.41, 5.74) is 3.15. The number of ether oxygens (including phenoxy) is 2. The summed E-state index contributed by atoms with van der Waals surface area (Å²) in [6.07, 6.45) is 3.03. The summed E-state index contributed by atoms with van der Waals surface area (Å²) < 4.78 is 16.5. The number of rotatable bonds is 7. The monoisotopic (exact) mass is 330 g/mol. The predicted octanol–water partition coefficient (Wildman–Crippen LogP) is 3.62. The first-order valence-electron chi connectivity index (χ1n) is 7.80. The highest BCUT2D eigenvalue weighted by Crippen LogP contribution is 2.25. The first-order valence-corrected chi connectivity index (χ1v) is 7.80. The van der Waals surface area contributed by atoms with E-state index in [1.165, 1.54) is 12.5 Å². The summed E-state index contributed by atoms with van der Waals surface area (Å²) in [6.45, 7) is 7.80. The van der Waals surface area contributed by atoms with E-state index >= 15 is 0 Å². The highest BCUT2D eigenvalue weighted by molar-refractivity contribution is 5.92. The number of nitrogens with one attached hydrogen (secondary N) is 1. The number of hydrogen-bond acceptors (Lipinski definition) is 5. The SMILES string of the molecule is CC(C)Oc1ccc(C=NNC(=O)c2ccco2)c(OC(C)C)c1. The molecule has 0 radical (unpaired) electrons. The summed E-state index contributed by atoms with van der Waals surface area (Å²) in [5.74, 6) is 1.14. The van der Waals surface area contributed by atoms with E-state index in [1.54, 1.807) is 12.1 Å². The van der Waals surface area contributed by atoms with Crippen molar-refractivity contribution >= 4 is 12.1 Å². The highest BCUT2D eigenvalue weighted by atomic mass is 16.5. The van der Waals surface area contributed by atoms with Gasteiger partial charge in [-0.25, -0.2) is 5.43 Å². The molecule has 0 saturated heterocycles. The van der Waals surface area contributed by atoms with Gasteiger partial charge >= 0.3 is 5.91 Å². The van der Waals surface area contributed by atoms with E-state index in [2.05, 4.69) is 10.5 Å². The fourth-order valence-electron chi connectivity index (χ4n) is 1.95. The van der Waals surface area contributed by atoms with Gasteiger partial charge in [0.15, 0.2) is 5.76 Å². The number of carbonyl (C=O) groups excluding carboxylic acids is 1. The number of carbonyl (C=O) groups is 1. The average Bonchev–Trinajstić information content (AvgIpc) is 3.02. The molecule has 2 rings (SSSR count). The third-order valence-corrected chi connectivity index (χ3v) is 2.83. The molecule has 0 saturated carbocycles. The number of amides is 1. The molecule has 0 atom stereocenters. The Labute approximate surface area is 141 Å². The molecule has 128 valence electrons. The topological polar surface area (TPSA) is 73.1 Å². The van der Waals surface area contributed by atoms with Crippen molar-refractivity contribution in [3.63, 3.8) is 0 Å². The molecule has 0 bridgehead atoms. The Hall–Kier alpha value is -2.76. The van der Waals surface area contributed by atoms with Gasteiger partial charge in [0.05, 0.1) is 24.7 Å². The highest BCUT2D eigenvalue weighted by Gasteiger charge is 2.09. The Morgan fingerprint density at radius 1 is 1.17 bits per heavy atom. The van der Waals surface area contributed by atoms with Gasteiger partial charge in [-0.15, -0.1) is 0 Å². The van der Waals surface area contributed by atoms with E-state index in [-0.39, 0.29) is 18.0 Å². The van der Waals surface area contributed by atoms with Crippen molar-refractivity contribution in [2.75, 3.05) is 0 Å². The Morgan fingerprint density at radius 3 is 2.54 bits per heavy atom. The minimum Gasteiger partial charge on any atom is -0.491 e. The van der Waals surface area contributed by atoms with Gasteiger partial charge in [-0.1, -0.05) is 0 Å². The van der Waals surface area contributed by atoms with E-state index in [4.69, 9.17) is 13.9 Å². The first-order chi connectivity index (χ1) is 11.5. The van der Waals surface area contributed by atoms with Crippen LogP contribution in [0.4, 0.5) is 0 Å². The molecule has 0 unspecified atom stereocenters. The molecule has 1 aromatic heterocycles. The molecule has 24 heavy (non-hydrogen) atoms. The Kier molecular flexibility index (Phi) is 6.01.